The van der Waals surface area contributed by atoms with Gasteiger partial charge in [0.25, 0.3) is 0 Å². The standard InChI is InChI=1S/C18H18O4S/c1-13(15-7-8-16-17(11-15)21-10-9-20-16)23-18(19)22-12-14-5-3-2-4-6-14/h2-8,11,13H,9-10,12H2,1H3. The summed E-state index contributed by atoms with van der Waals surface area (Å²) in [5, 5.41) is -0.301. The second kappa shape index (κ2) is 7.42. The van der Waals surface area contributed by atoms with Gasteiger partial charge in [-0.15, -0.1) is 0 Å². The third kappa shape index (κ3) is 4.20. The number of rotatable bonds is 4. The van der Waals surface area contributed by atoms with Crippen LogP contribution >= 0.6 is 11.8 Å². The molecule has 120 valence electrons. The van der Waals surface area contributed by atoms with E-state index in [1.807, 2.05) is 55.5 Å². The first-order chi connectivity index (χ1) is 11.2. The van der Waals surface area contributed by atoms with E-state index in [0.717, 1.165) is 22.6 Å². The summed E-state index contributed by atoms with van der Waals surface area (Å²) in [6, 6.07) is 15.4. The van der Waals surface area contributed by atoms with E-state index >= 15 is 0 Å². The molecule has 2 aromatic carbocycles. The topological polar surface area (TPSA) is 44.8 Å². The molecule has 1 aliphatic rings. The zero-order valence-electron chi connectivity index (χ0n) is 12.9. The van der Waals surface area contributed by atoms with Crippen molar-refractivity contribution < 1.29 is 19.0 Å². The van der Waals surface area contributed by atoms with Crippen LogP contribution in [0.4, 0.5) is 4.79 Å². The molecule has 1 unspecified atom stereocenters. The smallest absolute Gasteiger partial charge is 0.368 e. The van der Waals surface area contributed by atoms with E-state index in [9.17, 15) is 4.79 Å². The fourth-order valence-electron chi connectivity index (χ4n) is 2.28. The summed E-state index contributed by atoms with van der Waals surface area (Å²) in [6.45, 7) is 3.39. The Hall–Kier alpha value is -2.14. The first-order valence-corrected chi connectivity index (χ1v) is 8.37. The number of thioether (sulfide) groups is 1. The molecule has 2 aromatic rings. The van der Waals surface area contributed by atoms with Crippen molar-refractivity contribution >= 4 is 17.1 Å². The molecule has 0 aromatic heterocycles. The quantitative estimate of drug-likeness (QED) is 0.767. The van der Waals surface area contributed by atoms with Crippen molar-refractivity contribution in [1.29, 1.82) is 0 Å². The predicted molar refractivity (Wildman–Crippen MR) is 90.1 cm³/mol. The van der Waals surface area contributed by atoms with Crippen LogP contribution in [-0.4, -0.2) is 18.5 Å². The first-order valence-electron chi connectivity index (χ1n) is 7.49. The lowest BCUT2D eigenvalue weighted by Gasteiger charge is -2.20. The number of hydrogen-bond donors (Lipinski definition) is 0. The van der Waals surface area contributed by atoms with Crippen molar-refractivity contribution in [2.75, 3.05) is 13.2 Å². The number of ether oxygens (including phenoxy) is 3. The monoisotopic (exact) mass is 330 g/mol. The molecule has 23 heavy (non-hydrogen) atoms. The largest absolute Gasteiger partial charge is 0.486 e. The summed E-state index contributed by atoms with van der Waals surface area (Å²) >= 11 is 1.17. The van der Waals surface area contributed by atoms with Gasteiger partial charge < -0.3 is 14.2 Å². The molecule has 0 fully saturated rings. The number of hydrogen-bond acceptors (Lipinski definition) is 5. The van der Waals surface area contributed by atoms with Gasteiger partial charge in [0.05, 0.1) is 0 Å². The summed E-state index contributed by atoms with van der Waals surface area (Å²) in [6.07, 6.45) is 0. The average molecular weight is 330 g/mol. The molecule has 0 saturated carbocycles. The van der Waals surface area contributed by atoms with Crippen LogP contribution in [0.2, 0.25) is 0 Å². The van der Waals surface area contributed by atoms with Crippen molar-refractivity contribution in [3.05, 3.63) is 59.7 Å². The molecule has 0 aliphatic carbocycles. The number of fused-ring (bicyclic) bond motifs is 1. The van der Waals surface area contributed by atoms with Gasteiger partial charge in [-0.2, -0.15) is 0 Å². The van der Waals surface area contributed by atoms with Gasteiger partial charge in [-0.05, 0) is 41.9 Å². The van der Waals surface area contributed by atoms with Crippen LogP contribution in [0.15, 0.2) is 48.5 Å². The maximum absolute atomic E-state index is 12.0. The van der Waals surface area contributed by atoms with Gasteiger partial charge in [-0.3, -0.25) is 0 Å². The molecule has 0 radical (unpaired) electrons. The Morgan fingerprint density at radius 3 is 2.65 bits per heavy atom. The molecule has 0 amide bonds. The Morgan fingerprint density at radius 1 is 1.13 bits per heavy atom. The fraction of sp³-hybridized carbons (Fsp3) is 0.278. The van der Waals surface area contributed by atoms with Crippen molar-refractivity contribution in [1.82, 2.24) is 0 Å². The van der Waals surface area contributed by atoms with Crippen molar-refractivity contribution in [2.45, 2.75) is 18.8 Å². The summed E-state index contributed by atoms with van der Waals surface area (Å²) < 4.78 is 16.4. The maximum Gasteiger partial charge on any atom is 0.368 e. The van der Waals surface area contributed by atoms with E-state index < -0.39 is 0 Å². The Labute approximate surface area is 139 Å². The summed E-state index contributed by atoms with van der Waals surface area (Å²) in [5.74, 6) is 1.49. The maximum atomic E-state index is 12.0. The van der Waals surface area contributed by atoms with Crippen LogP contribution in [0.1, 0.15) is 23.3 Å². The van der Waals surface area contributed by atoms with Crippen LogP contribution in [0, 0.1) is 0 Å². The zero-order valence-corrected chi connectivity index (χ0v) is 13.7. The van der Waals surface area contributed by atoms with Gasteiger partial charge in [-0.1, -0.05) is 36.4 Å². The minimum atomic E-state index is -0.281. The number of carbonyl (C=O) groups is 1. The van der Waals surface area contributed by atoms with E-state index in [-0.39, 0.29) is 10.6 Å². The van der Waals surface area contributed by atoms with E-state index in [1.165, 1.54) is 11.8 Å². The minimum absolute atomic E-state index is 0.0194. The highest BCUT2D eigenvalue weighted by Gasteiger charge is 2.17. The van der Waals surface area contributed by atoms with E-state index in [2.05, 4.69) is 0 Å². The van der Waals surface area contributed by atoms with Gasteiger partial charge in [0, 0.05) is 5.25 Å². The van der Waals surface area contributed by atoms with Crippen LogP contribution in [0.25, 0.3) is 0 Å². The second-order valence-corrected chi connectivity index (χ2v) is 6.46. The Bertz CT molecular complexity index is 672. The first kappa shape index (κ1) is 15.7. The fourth-order valence-corrected chi connectivity index (χ4v) is 2.97. The predicted octanol–water partition coefficient (Wildman–Crippen LogP) is 4.59. The highest BCUT2D eigenvalue weighted by atomic mass is 32.2. The molecule has 3 rings (SSSR count). The van der Waals surface area contributed by atoms with Gasteiger partial charge >= 0.3 is 5.30 Å². The lowest BCUT2D eigenvalue weighted by molar-refractivity contribution is 0.168. The second-order valence-electron chi connectivity index (χ2n) is 5.19. The molecule has 5 heteroatoms. The molecular formula is C18H18O4S. The molecule has 0 saturated heterocycles. The van der Waals surface area contributed by atoms with Crippen molar-refractivity contribution in [2.24, 2.45) is 0 Å². The molecule has 1 aliphatic heterocycles. The van der Waals surface area contributed by atoms with Crippen LogP contribution < -0.4 is 9.47 Å². The molecule has 0 spiro atoms. The Morgan fingerprint density at radius 2 is 1.87 bits per heavy atom. The molecule has 1 atom stereocenters. The molecule has 0 bridgehead atoms. The van der Waals surface area contributed by atoms with E-state index in [1.54, 1.807) is 0 Å². The van der Waals surface area contributed by atoms with E-state index in [0.29, 0.717) is 19.8 Å². The summed E-state index contributed by atoms with van der Waals surface area (Å²) in [7, 11) is 0. The van der Waals surface area contributed by atoms with Gasteiger partial charge in [0.15, 0.2) is 11.5 Å². The third-order valence-electron chi connectivity index (χ3n) is 3.51. The Kier molecular flexibility index (Phi) is 5.08. The van der Waals surface area contributed by atoms with Crippen molar-refractivity contribution in [3.63, 3.8) is 0 Å². The summed E-state index contributed by atoms with van der Waals surface area (Å²) in [5.41, 5.74) is 1.99. The third-order valence-corrected chi connectivity index (χ3v) is 4.44. The average Bonchev–Trinajstić information content (AvgIpc) is 2.60. The van der Waals surface area contributed by atoms with E-state index in [4.69, 9.17) is 14.2 Å². The molecule has 4 nitrogen and oxygen atoms in total. The highest BCUT2D eigenvalue weighted by Crippen LogP contribution is 2.37. The lowest BCUT2D eigenvalue weighted by Crippen LogP contribution is -2.15. The van der Waals surface area contributed by atoms with Crippen LogP contribution in [0.3, 0.4) is 0 Å². The number of benzene rings is 2. The molecule has 0 N–H and O–H groups in total. The Balaban J connectivity index is 1.56. The van der Waals surface area contributed by atoms with Crippen molar-refractivity contribution in [3.8, 4) is 11.5 Å². The molecule has 1 heterocycles. The minimum Gasteiger partial charge on any atom is -0.486 e. The lowest BCUT2D eigenvalue weighted by atomic mass is 10.1. The van der Waals surface area contributed by atoms with Gasteiger partial charge in [0.2, 0.25) is 0 Å². The molecular weight excluding hydrogens is 312 g/mol. The normalized spacial score (nSPS) is 14.1. The van der Waals surface area contributed by atoms with Gasteiger partial charge in [0.1, 0.15) is 19.8 Å². The number of carbonyl (C=O) groups excluding carboxylic acids is 1. The summed E-state index contributed by atoms with van der Waals surface area (Å²) in [4.78, 5) is 12.0. The van der Waals surface area contributed by atoms with Gasteiger partial charge in [-0.25, -0.2) is 4.79 Å². The van der Waals surface area contributed by atoms with Crippen LogP contribution in [0.5, 0.6) is 11.5 Å². The zero-order chi connectivity index (χ0) is 16.1. The SMILES string of the molecule is CC(SC(=O)OCc1ccccc1)c1ccc2c(c1)OCCO2. The van der Waals surface area contributed by atoms with Crippen LogP contribution in [-0.2, 0) is 11.3 Å². The highest BCUT2D eigenvalue weighted by molar-refractivity contribution is 8.13.